The lowest BCUT2D eigenvalue weighted by Crippen LogP contribution is -2.36. The average Bonchev–Trinajstić information content (AvgIpc) is 2.30. The Hall–Kier alpha value is -1.18. The van der Waals surface area contributed by atoms with Crippen LogP contribution in [0.25, 0.3) is 0 Å². The van der Waals surface area contributed by atoms with Crippen molar-refractivity contribution in [1.82, 2.24) is 4.72 Å². The highest BCUT2D eigenvalue weighted by Crippen LogP contribution is 2.18. The van der Waals surface area contributed by atoms with Crippen LogP contribution in [0.3, 0.4) is 0 Å². The number of hydrogen-bond donors (Lipinski definition) is 3. The molecule has 0 aliphatic carbocycles. The third-order valence-corrected chi connectivity index (χ3v) is 3.85. The maximum atomic E-state index is 13.2. The summed E-state index contributed by atoms with van der Waals surface area (Å²) in [7, 11) is -3.80. The van der Waals surface area contributed by atoms with Crippen molar-refractivity contribution < 1.29 is 17.9 Å². The normalized spacial score (nSPS) is 12.7. The van der Waals surface area contributed by atoms with Crippen LogP contribution in [0.15, 0.2) is 23.1 Å². The van der Waals surface area contributed by atoms with Gasteiger partial charge in [0.2, 0.25) is 10.0 Å². The van der Waals surface area contributed by atoms with Gasteiger partial charge in [0.1, 0.15) is 5.82 Å². The van der Waals surface area contributed by atoms with Crippen LogP contribution in [-0.4, -0.2) is 26.7 Å². The van der Waals surface area contributed by atoms with Crippen LogP contribution >= 0.6 is 0 Å². The molecule has 0 radical (unpaired) electrons. The second-order valence-electron chi connectivity index (χ2n) is 4.83. The molecule has 0 saturated heterocycles. The van der Waals surface area contributed by atoms with Gasteiger partial charge < -0.3 is 10.8 Å². The molecule has 1 aromatic carbocycles. The Morgan fingerprint density at radius 3 is 2.56 bits per heavy atom. The molecule has 0 fully saturated rings. The zero-order chi connectivity index (χ0) is 14.0. The van der Waals surface area contributed by atoms with E-state index in [-0.39, 0.29) is 23.7 Å². The molecule has 1 aromatic rings. The van der Waals surface area contributed by atoms with Crippen molar-refractivity contribution in [2.45, 2.75) is 18.7 Å². The van der Waals surface area contributed by atoms with E-state index in [4.69, 9.17) is 10.8 Å². The largest absolute Gasteiger partial charge is 0.396 e. The molecule has 0 spiro atoms. The molecule has 0 aliphatic rings. The number of hydrogen-bond acceptors (Lipinski definition) is 4. The Morgan fingerprint density at radius 2 is 2.06 bits per heavy atom. The van der Waals surface area contributed by atoms with Gasteiger partial charge in [-0.15, -0.1) is 0 Å². The maximum Gasteiger partial charge on any atom is 0.240 e. The molecule has 0 atom stereocenters. The van der Waals surface area contributed by atoms with Gasteiger partial charge in [-0.1, -0.05) is 13.8 Å². The third kappa shape index (κ3) is 3.66. The minimum absolute atomic E-state index is 0.0534. The lowest BCUT2D eigenvalue weighted by atomic mass is 9.96. The van der Waals surface area contributed by atoms with Crippen molar-refractivity contribution >= 4 is 15.7 Å². The van der Waals surface area contributed by atoms with Gasteiger partial charge in [0, 0.05) is 18.6 Å². The molecule has 0 unspecified atom stereocenters. The Balaban J connectivity index is 2.90. The van der Waals surface area contributed by atoms with E-state index in [0.717, 1.165) is 6.07 Å². The van der Waals surface area contributed by atoms with Crippen molar-refractivity contribution in [3.8, 4) is 0 Å². The highest BCUT2D eigenvalue weighted by Gasteiger charge is 2.22. The smallest absolute Gasteiger partial charge is 0.240 e. The summed E-state index contributed by atoms with van der Waals surface area (Å²) in [5, 5.41) is 9.03. The first-order chi connectivity index (χ1) is 8.18. The third-order valence-electron chi connectivity index (χ3n) is 2.45. The summed E-state index contributed by atoms with van der Waals surface area (Å²) in [6.45, 7) is 3.31. The van der Waals surface area contributed by atoms with Crippen molar-refractivity contribution in [2.24, 2.45) is 5.41 Å². The first-order valence-electron chi connectivity index (χ1n) is 5.33. The maximum absolute atomic E-state index is 13.2. The Morgan fingerprint density at radius 1 is 1.44 bits per heavy atom. The van der Waals surface area contributed by atoms with Crippen LogP contribution in [0.4, 0.5) is 10.1 Å². The van der Waals surface area contributed by atoms with Gasteiger partial charge >= 0.3 is 0 Å². The SMILES string of the molecule is CC(C)(CO)CNS(=O)(=O)c1ccc(N)c(F)c1. The molecule has 18 heavy (non-hydrogen) atoms. The van der Waals surface area contributed by atoms with Gasteiger partial charge in [-0.3, -0.25) is 0 Å². The van der Waals surface area contributed by atoms with Crippen molar-refractivity contribution in [3.63, 3.8) is 0 Å². The molecular formula is C11H17FN2O3S. The molecular weight excluding hydrogens is 259 g/mol. The summed E-state index contributed by atoms with van der Waals surface area (Å²) >= 11 is 0. The van der Waals surface area contributed by atoms with Gasteiger partial charge in [0.15, 0.2) is 0 Å². The van der Waals surface area contributed by atoms with E-state index in [1.165, 1.54) is 12.1 Å². The van der Waals surface area contributed by atoms with Crippen molar-refractivity contribution in [3.05, 3.63) is 24.0 Å². The number of nitrogens with two attached hydrogens (primary N) is 1. The molecule has 5 nitrogen and oxygen atoms in total. The highest BCUT2D eigenvalue weighted by atomic mass is 32.2. The molecule has 1 rings (SSSR count). The first kappa shape index (κ1) is 14.9. The number of aliphatic hydroxyl groups excluding tert-OH is 1. The second kappa shape index (κ2) is 5.21. The molecule has 4 N–H and O–H groups in total. The summed E-state index contributed by atoms with van der Waals surface area (Å²) in [5.74, 6) is -0.778. The lowest BCUT2D eigenvalue weighted by molar-refractivity contribution is 0.163. The van der Waals surface area contributed by atoms with E-state index in [9.17, 15) is 12.8 Å². The molecule has 0 aliphatic heterocycles. The Kier molecular flexibility index (Phi) is 4.31. The summed E-state index contributed by atoms with van der Waals surface area (Å²) in [5.41, 5.74) is 4.58. The number of aliphatic hydroxyl groups is 1. The molecule has 0 aromatic heterocycles. The van der Waals surface area contributed by atoms with Crippen molar-refractivity contribution in [2.75, 3.05) is 18.9 Å². The number of nitrogen functional groups attached to an aromatic ring is 1. The topological polar surface area (TPSA) is 92.4 Å². The number of anilines is 1. The lowest BCUT2D eigenvalue weighted by Gasteiger charge is -2.21. The molecule has 7 heteroatoms. The van der Waals surface area contributed by atoms with Gasteiger partial charge in [0.25, 0.3) is 0 Å². The monoisotopic (exact) mass is 276 g/mol. The quantitative estimate of drug-likeness (QED) is 0.690. The van der Waals surface area contributed by atoms with Gasteiger partial charge in [-0.05, 0) is 18.2 Å². The van der Waals surface area contributed by atoms with Gasteiger partial charge in [-0.2, -0.15) is 0 Å². The molecule has 0 amide bonds. The molecule has 0 bridgehead atoms. The second-order valence-corrected chi connectivity index (χ2v) is 6.60. The number of halogens is 1. The standard InChI is InChI=1S/C11H17FN2O3S/c1-11(2,7-15)6-14-18(16,17)8-3-4-10(13)9(12)5-8/h3-5,14-15H,6-7,13H2,1-2H3. The number of nitrogens with one attached hydrogen (secondary N) is 1. The zero-order valence-corrected chi connectivity index (χ0v) is 11.1. The molecule has 0 heterocycles. The van der Waals surface area contributed by atoms with E-state index in [0.29, 0.717) is 0 Å². The van der Waals surface area contributed by atoms with E-state index in [1.54, 1.807) is 13.8 Å². The number of benzene rings is 1. The fourth-order valence-electron chi connectivity index (χ4n) is 1.10. The highest BCUT2D eigenvalue weighted by molar-refractivity contribution is 7.89. The van der Waals surface area contributed by atoms with Crippen LogP contribution < -0.4 is 10.5 Å². The predicted molar refractivity (Wildman–Crippen MR) is 66.9 cm³/mol. The van der Waals surface area contributed by atoms with E-state index in [2.05, 4.69) is 4.72 Å². The van der Waals surface area contributed by atoms with Gasteiger partial charge in [-0.25, -0.2) is 17.5 Å². The van der Waals surface area contributed by atoms with Crippen molar-refractivity contribution in [1.29, 1.82) is 0 Å². The van der Waals surface area contributed by atoms with Crippen LogP contribution in [0.1, 0.15) is 13.8 Å². The fourth-order valence-corrected chi connectivity index (χ4v) is 2.36. The van der Waals surface area contributed by atoms with E-state index >= 15 is 0 Å². The molecule has 0 saturated carbocycles. The summed E-state index contributed by atoms with van der Waals surface area (Å²) in [6.07, 6.45) is 0. The Labute approximate surface area is 106 Å². The summed E-state index contributed by atoms with van der Waals surface area (Å²) < 4.78 is 39.2. The molecule has 102 valence electrons. The van der Waals surface area contributed by atoms with Crippen LogP contribution in [0, 0.1) is 11.2 Å². The summed E-state index contributed by atoms with van der Waals surface area (Å²) in [4.78, 5) is -0.192. The fraction of sp³-hybridized carbons (Fsp3) is 0.455. The van der Waals surface area contributed by atoms with Crippen LogP contribution in [0.5, 0.6) is 0 Å². The number of sulfonamides is 1. The van der Waals surface area contributed by atoms with Gasteiger partial charge in [0.05, 0.1) is 10.6 Å². The zero-order valence-electron chi connectivity index (χ0n) is 10.3. The van der Waals surface area contributed by atoms with Crippen LogP contribution in [-0.2, 0) is 10.0 Å². The first-order valence-corrected chi connectivity index (χ1v) is 6.82. The van der Waals surface area contributed by atoms with Crippen LogP contribution in [0.2, 0.25) is 0 Å². The predicted octanol–water partition coefficient (Wildman–Crippen LogP) is 0.705. The van der Waals surface area contributed by atoms with E-state index < -0.39 is 21.3 Å². The minimum atomic E-state index is -3.80. The average molecular weight is 276 g/mol. The van der Waals surface area contributed by atoms with E-state index in [1.807, 2.05) is 0 Å². The minimum Gasteiger partial charge on any atom is -0.396 e. The number of rotatable bonds is 5. The summed E-state index contributed by atoms with van der Waals surface area (Å²) in [6, 6.07) is 3.29. The Bertz CT molecular complexity index is 529.